The summed E-state index contributed by atoms with van der Waals surface area (Å²) in [5.41, 5.74) is 0. The number of anilines is 1. The summed E-state index contributed by atoms with van der Waals surface area (Å²) in [7, 11) is 0. The highest BCUT2D eigenvalue weighted by Crippen LogP contribution is 2.22. The Morgan fingerprint density at radius 2 is 2.05 bits per heavy atom. The van der Waals surface area contributed by atoms with Gasteiger partial charge in [-0.15, -0.1) is 0 Å². The second-order valence-electron chi connectivity index (χ2n) is 4.64. The summed E-state index contributed by atoms with van der Waals surface area (Å²) in [6, 6.07) is 3.91. The van der Waals surface area contributed by atoms with Crippen molar-refractivity contribution in [1.29, 1.82) is 0 Å². The van der Waals surface area contributed by atoms with Gasteiger partial charge in [0.1, 0.15) is 11.9 Å². The van der Waals surface area contributed by atoms with Crippen molar-refractivity contribution in [3.05, 3.63) is 15.7 Å². The van der Waals surface area contributed by atoms with Gasteiger partial charge in [0.15, 0.2) is 0 Å². The van der Waals surface area contributed by atoms with Crippen molar-refractivity contribution >= 4 is 28.4 Å². The van der Waals surface area contributed by atoms with E-state index in [4.69, 9.17) is 9.47 Å². The Kier molecular flexibility index (Phi) is 5.23. The molecule has 1 aromatic heterocycles. The van der Waals surface area contributed by atoms with Crippen LogP contribution in [0.25, 0.3) is 0 Å². The summed E-state index contributed by atoms with van der Waals surface area (Å²) in [6.45, 7) is 6.69. The molecule has 1 aliphatic rings. The fourth-order valence-corrected chi connectivity index (χ4v) is 2.31. The molecular weight excluding hydrogens is 359 g/mol. The van der Waals surface area contributed by atoms with Crippen molar-refractivity contribution < 1.29 is 14.6 Å². The van der Waals surface area contributed by atoms with Gasteiger partial charge < -0.3 is 19.5 Å². The molecule has 0 aliphatic carbocycles. The molecule has 0 amide bonds. The topological polar surface area (TPSA) is 54.8 Å². The monoisotopic (exact) mass is 378 g/mol. The first-order chi connectivity index (χ1) is 9.06. The van der Waals surface area contributed by atoms with Gasteiger partial charge in [-0.1, -0.05) is 0 Å². The largest absolute Gasteiger partial charge is 0.472 e. The molecule has 6 heteroatoms. The van der Waals surface area contributed by atoms with Crippen LogP contribution in [0.1, 0.15) is 13.8 Å². The van der Waals surface area contributed by atoms with Crippen LogP contribution in [-0.2, 0) is 4.74 Å². The molecule has 0 radical (unpaired) electrons. The fourth-order valence-electron chi connectivity index (χ4n) is 1.76. The van der Waals surface area contributed by atoms with Crippen molar-refractivity contribution in [2.45, 2.75) is 26.1 Å². The van der Waals surface area contributed by atoms with E-state index in [1.807, 2.05) is 19.1 Å². The lowest BCUT2D eigenvalue weighted by Gasteiger charge is -2.28. The molecule has 1 N–H and O–H groups in total. The van der Waals surface area contributed by atoms with Crippen LogP contribution < -0.4 is 9.64 Å². The number of nitrogens with zero attached hydrogens (tertiary/aromatic N) is 2. The van der Waals surface area contributed by atoms with Gasteiger partial charge in [0.25, 0.3) is 0 Å². The number of hydrogen-bond acceptors (Lipinski definition) is 5. The van der Waals surface area contributed by atoms with Crippen molar-refractivity contribution in [3.63, 3.8) is 0 Å². The van der Waals surface area contributed by atoms with Crippen LogP contribution in [-0.4, -0.2) is 48.6 Å². The number of ether oxygens (including phenoxy) is 2. The zero-order valence-corrected chi connectivity index (χ0v) is 13.3. The van der Waals surface area contributed by atoms with Crippen LogP contribution in [0.15, 0.2) is 12.1 Å². The maximum absolute atomic E-state index is 9.49. The van der Waals surface area contributed by atoms with Crippen molar-refractivity contribution in [1.82, 2.24) is 4.98 Å². The number of rotatable bonds is 4. The Morgan fingerprint density at radius 3 is 2.68 bits per heavy atom. The average Bonchev–Trinajstić information content (AvgIpc) is 2.39. The van der Waals surface area contributed by atoms with E-state index < -0.39 is 6.10 Å². The van der Waals surface area contributed by atoms with E-state index in [9.17, 15) is 5.11 Å². The number of aliphatic hydroxyl groups excluding tert-OH is 1. The third-order valence-corrected chi connectivity index (χ3v) is 3.70. The number of hydrogen-bond donors (Lipinski definition) is 1. The predicted molar refractivity (Wildman–Crippen MR) is 81.8 cm³/mol. The van der Waals surface area contributed by atoms with Gasteiger partial charge >= 0.3 is 0 Å². The summed E-state index contributed by atoms with van der Waals surface area (Å²) in [5.74, 6) is 1.46. The lowest BCUT2D eigenvalue weighted by molar-refractivity contribution is 0.0574. The summed E-state index contributed by atoms with van der Waals surface area (Å²) in [5, 5.41) is 9.49. The van der Waals surface area contributed by atoms with Crippen molar-refractivity contribution in [3.8, 4) is 5.88 Å². The van der Waals surface area contributed by atoms with Gasteiger partial charge in [0.05, 0.1) is 19.3 Å². The van der Waals surface area contributed by atoms with Gasteiger partial charge in [-0.3, -0.25) is 0 Å². The molecule has 1 aromatic rings. The second-order valence-corrected chi connectivity index (χ2v) is 5.89. The number of aliphatic hydroxyl groups is 1. The highest BCUT2D eigenvalue weighted by atomic mass is 127. The van der Waals surface area contributed by atoms with Crippen LogP contribution in [0.5, 0.6) is 5.88 Å². The third kappa shape index (κ3) is 4.19. The van der Waals surface area contributed by atoms with E-state index in [1.54, 1.807) is 6.92 Å². The summed E-state index contributed by atoms with van der Waals surface area (Å²) < 4.78 is 12.1. The summed E-state index contributed by atoms with van der Waals surface area (Å²) in [6.07, 6.45) is -0.797. The van der Waals surface area contributed by atoms with Crippen LogP contribution in [0.2, 0.25) is 0 Å². The van der Waals surface area contributed by atoms with Gasteiger partial charge in [0.2, 0.25) is 5.88 Å². The number of aromatic nitrogens is 1. The first-order valence-corrected chi connectivity index (χ1v) is 7.49. The minimum Gasteiger partial charge on any atom is -0.472 e. The normalized spacial score (nSPS) is 19.1. The molecule has 5 nitrogen and oxygen atoms in total. The minimum absolute atomic E-state index is 0.275. The zero-order valence-electron chi connectivity index (χ0n) is 11.2. The lowest BCUT2D eigenvalue weighted by Crippen LogP contribution is -2.37. The van der Waals surface area contributed by atoms with Gasteiger partial charge in [-0.25, -0.2) is 0 Å². The Labute approximate surface area is 127 Å². The first-order valence-electron chi connectivity index (χ1n) is 6.41. The van der Waals surface area contributed by atoms with Crippen molar-refractivity contribution in [2.75, 3.05) is 31.2 Å². The maximum atomic E-state index is 9.49. The number of pyridine rings is 1. The smallest absolute Gasteiger partial charge is 0.216 e. The first kappa shape index (κ1) is 14.8. The van der Waals surface area contributed by atoms with Crippen LogP contribution in [0.3, 0.4) is 0 Å². The van der Waals surface area contributed by atoms with Crippen LogP contribution in [0, 0.1) is 3.57 Å². The van der Waals surface area contributed by atoms with E-state index in [2.05, 4.69) is 32.5 Å². The van der Waals surface area contributed by atoms with E-state index in [-0.39, 0.29) is 6.10 Å². The Bertz CT molecular complexity index is 422. The molecule has 2 atom stereocenters. The molecule has 2 heterocycles. The molecule has 0 aromatic carbocycles. The lowest BCUT2D eigenvalue weighted by atomic mass is 10.2. The SMILES string of the molecule is CC(O)C(C)Oc1cc(I)cc(N2CCOCC2)n1. The standard InChI is InChI=1S/C13H19IN2O3/c1-9(17)10(2)19-13-8-11(14)7-12(15-13)16-3-5-18-6-4-16/h7-10,17H,3-6H2,1-2H3. The highest BCUT2D eigenvalue weighted by molar-refractivity contribution is 14.1. The third-order valence-electron chi connectivity index (χ3n) is 3.07. The average molecular weight is 378 g/mol. The van der Waals surface area contributed by atoms with E-state index >= 15 is 0 Å². The number of halogens is 1. The Hall–Kier alpha value is -0.600. The molecule has 2 unspecified atom stereocenters. The molecule has 1 fully saturated rings. The molecule has 1 aliphatic heterocycles. The molecule has 0 bridgehead atoms. The second kappa shape index (κ2) is 6.71. The molecular formula is C13H19IN2O3. The van der Waals surface area contributed by atoms with Gasteiger partial charge in [-0.05, 0) is 42.5 Å². The van der Waals surface area contributed by atoms with Crippen molar-refractivity contribution in [2.24, 2.45) is 0 Å². The molecule has 0 saturated carbocycles. The van der Waals surface area contributed by atoms with Crippen LogP contribution in [0.4, 0.5) is 5.82 Å². The molecule has 0 spiro atoms. The Balaban J connectivity index is 2.14. The molecule has 19 heavy (non-hydrogen) atoms. The highest BCUT2D eigenvalue weighted by Gasteiger charge is 2.16. The molecule has 106 valence electrons. The Morgan fingerprint density at radius 1 is 1.37 bits per heavy atom. The predicted octanol–water partition coefficient (Wildman–Crippen LogP) is 1.67. The summed E-state index contributed by atoms with van der Waals surface area (Å²) in [4.78, 5) is 6.70. The quantitative estimate of drug-likeness (QED) is 0.808. The molecule has 2 rings (SSSR count). The maximum Gasteiger partial charge on any atom is 0.216 e. The van der Waals surface area contributed by atoms with E-state index in [0.717, 1.165) is 35.7 Å². The number of morpholine rings is 1. The zero-order chi connectivity index (χ0) is 13.8. The van der Waals surface area contributed by atoms with Gasteiger partial charge in [-0.2, -0.15) is 4.98 Å². The van der Waals surface area contributed by atoms with Crippen LogP contribution >= 0.6 is 22.6 Å². The minimum atomic E-state index is -0.522. The van der Waals surface area contributed by atoms with Gasteiger partial charge in [0, 0.05) is 22.7 Å². The fraction of sp³-hybridized carbons (Fsp3) is 0.615. The summed E-state index contributed by atoms with van der Waals surface area (Å²) >= 11 is 2.25. The van der Waals surface area contributed by atoms with E-state index in [0.29, 0.717) is 5.88 Å². The van der Waals surface area contributed by atoms with E-state index in [1.165, 1.54) is 0 Å². The molecule has 1 saturated heterocycles.